The van der Waals surface area contributed by atoms with Crippen molar-refractivity contribution in [1.29, 1.82) is 0 Å². The maximum absolute atomic E-state index is 10.7. The molecule has 4 nitrogen and oxygen atoms in total. The van der Waals surface area contributed by atoms with Gasteiger partial charge in [-0.3, -0.25) is 0 Å². The molecule has 2 rings (SSSR count). The summed E-state index contributed by atoms with van der Waals surface area (Å²) in [6.45, 7) is 0.409. The SMILES string of the molecule is O=C(O)c1cccc(COC2CCCC2)n1. The predicted molar refractivity (Wildman–Crippen MR) is 58.2 cm³/mol. The number of carboxylic acids is 1. The number of carboxylic acid groups (broad SMARTS) is 1. The Morgan fingerprint density at radius 3 is 2.88 bits per heavy atom. The van der Waals surface area contributed by atoms with Gasteiger partial charge in [0.25, 0.3) is 0 Å². The third-order valence-electron chi connectivity index (χ3n) is 2.80. The number of aromatic carboxylic acids is 1. The van der Waals surface area contributed by atoms with E-state index in [1.165, 1.54) is 18.9 Å². The highest BCUT2D eigenvalue weighted by molar-refractivity contribution is 5.85. The van der Waals surface area contributed by atoms with Crippen LogP contribution in [0.4, 0.5) is 0 Å². The smallest absolute Gasteiger partial charge is 0.354 e. The quantitative estimate of drug-likeness (QED) is 0.847. The van der Waals surface area contributed by atoms with E-state index in [1.54, 1.807) is 12.1 Å². The fourth-order valence-corrected chi connectivity index (χ4v) is 1.94. The maximum atomic E-state index is 10.7. The van der Waals surface area contributed by atoms with Crippen LogP contribution in [-0.2, 0) is 11.3 Å². The first kappa shape index (κ1) is 11.1. The number of hydrogen-bond donors (Lipinski definition) is 1. The second-order valence-corrected chi connectivity index (χ2v) is 4.04. The molecule has 1 aromatic rings. The van der Waals surface area contributed by atoms with Gasteiger partial charge in [0.05, 0.1) is 18.4 Å². The average molecular weight is 221 g/mol. The summed E-state index contributed by atoms with van der Waals surface area (Å²) >= 11 is 0. The Hall–Kier alpha value is -1.42. The lowest BCUT2D eigenvalue weighted by molar-refractivity contribution is 0.0435. The van der Waals surface area contributed by atoms with Crippen molar-refractivity contribution in [2.24, 2.45) is 0 Å². The van der Waals surface area contributed by atoms with E-state index in [2.05, 4.69) is 4.98 Å². The molecule has 0 aromatic carbocycles. The van der Waals surface area contributed by atoms with E-state index in [0.717, 1.165) is 12.8 Å². The molecule has 1 saturated carbocycles. The summed E-state index contributed by atoms with van der Waals surface area (Å²) in [4.78, 5) is 14.7. The minimum atomic E-state index is -0.997. The molecule has 1 aliphatic carbocycles. The molecule has 1 N–H and O–H groups in total. The molecule has 0 amide bonds. The van der Waals surface area contributed by atoms with E-state index in [9.17, 15) is 4.79 Å². The molecule has 86 valence electrons. The monoisotopic (exact) mass is 221 g/mol. The van der Waals surface area contributed by atoms with Crippen LogP contribution in [0.25, 0.3) is 0 Å². The fourth-order valence-electron chi connectivity index (χ4n) is 1.94. The van der Waals surface area contributed by atoms with Crippen LogP contribution in [0.15, 0.2) is 18.2 Å². The van der Waals surface area contributed by atoms with Gasteiger partial charge in [0.2, 0.25) is 0 Å². The summed E-state index contributed by atoms with van der Waals surface area (Å²) < 4.78 is 5.67. The van der Waals surface area contributed by atoms with Gasteiger partial charge in [-0.2, -0.15) is 0 Å². The molecule has 1 aliphatic rings. The zero-order valence-corrected chi connectivity index (χ0v) is 9.06. The van der Waals surface area contributed by atoms with E-state index in [1.807, 2.05) is 0 Å². The van der Waals surface area contributed by atoms with Gasteiger partial charge >= 0.3 is 5.97 Å². The molecule has 0 unspecified atom stereocenters. The summed E-state index contributed by atoms with van der Waals surface area (Å²) in [6, 6.07) is 4.98. The van der Waals surface area contributed by atoms with Gasteiger partial charge in [-0.25, -0.2) is 9.78 Å². The number of nitrogens with zero attached hydrogens (tertiary/aromatic N) is 1. The topological polar surface area (TPSA) is 59.4 Å². The highest BCUT2D eigenvalue weighted by Gasteiger charge is 2.15. The zero-order valence-electron chi connectivity index (χ0n) is 9.06. The van der Waals surface area contributed by atoms with Gasteiger partial charge in [-0.05, 0) is 25.0 Å². The standard InChI is InChI=1S/C12H15NO3/c14-12(15)11-7-3-4-9(13-11)8-16-10-5-1-2-6-10/h3-4,7,10H,1-2,5-6,8H2,(H,14,15). The van der Waals surface area contributed by atoms with Crippen molar-refractivity contribution in [3.8, 4) is 0 Å². The Morgan fingerprint density at radius 2 is 2.19 bits per heavy atom. The largest absolute Gasteiger partial charge is 0.477 e. The van der Waals surface area contributed by atoms with Crippen LogP contribution in [0.1, 0.15) is 41.9 Å². The van der Waals surface area contributed by atoms with Crippen LogP contribution in [0.5, 0.6) is 0 Å². The molecule has 1 aromatic heterocycles. The Bertz CT molecular complexity index is 372. The highest BCUT2D eigenvalue weighted by Crippen LogP contribution is 2.21. The minimum Gasteiger partial charge on any atom is -0.477 e. The summed E-state index contributed by atoms with van der Waals surface area (Å²) in [5, 5.41) is 8.79. The van der Waals surface area contributed by atoms with E-state index in [-0.39, 0.29) is 5.69 Å². The van der Waals surface area contributed by atoms with Gasteiger partial charge < -0.3 is 9.84 Å². The molecule has 0 atom stereocenters. The third kappa shape index (κ3) is 2.79. The molecule has 0 saturated heterocycles. The van der Waals surface area contributed by atoms with Gasteiger partial charge in [0.1, 0.15) is 5.69 Å². The number of aromatic nitrogens is 1. The van der Waals surface area contributed by atoms with Crippen LogP contribution in [0.3, 0.4) is 0 Å². The van der Waals surface area contributed by atoms with Crippen molar-refractivity contribution in [2.75, 3.05) is 0 Å². The van der Waals surface area contributed by atoms with Crippen molar-refractivity contribution < 1.29 is 14.6 Å². The first-order valence-corrected chi connectivity index (χ1v) is 5.56. The third-order valence-corrected chi connectivity index (χ3v) is 2.80. The van der Waals surface area contributed by atoms with Crippen molar-refractivity contribution in [3.63, 3.8) is 0 Å². The average Bonchev–Trinajstić information content (AvgIpc) is 2.79. The molecule has 1 heterocycles. The van der Waals surface area contributed by atoms with Crippen molar-refractivity contribution in [1.82, 2.24) is 4.98 Å². The van der Waals surface area contributed by atoms with Gasteiger partial charge in [0.15, 0.2) is 0 Å². The lowest BCUT2D eigenvalue weighted by atomic mass is 10.3. The fraction of sp³-hybridized carbons (Fsp3) is 0.500. The van der Waals surface area contributed by atoms with E-state index in [4.69, 9.17) is 9.84 Å². The van der Waals surface area contributed by atoms with Crippen molar-refractivity contribution >= 4 is 5.97 Å². The normalized spacial score (nSPS) is 16.5. The Morgan fingerprint density at radius 1 is 1.44 bits per heavy atom. The summed E-state index contributed by atoms with van der Waals surface area (Å²) in [7, 11) is 0. The first-order chi connectivity index (χ1) is 7.75. The van der Waals surface area contributed by atoms with Gasteiger partial charge in [0, 0.05) is 0 Å². The Balaban J connectivity index is 1.93. The number of hydrogen-bond acceptors (Lipinski definition) is 3. The van der Waals surface area contributed by atoms with Crippen LogP contribution in [0.2, 0.25) is 0 Å². The number of ether oxygens (including phenoxy) is 1. The number of rotatable bonds is 4. The van der Waals surface area contributed by atoms with Gasteiger partial charge in [-0.1, -0.05) is 18.9 Å². The molecule has 0 radical (unpaired) electrons. The van der Waals surface area contributed by atoms with Crippen molar-refractivity contribution in [2.45, 2.75) is 38.4 Å². The van der Waals surface area contributed by atoms with Crippen LogP contribution >= 0.6 is 0 Å². The van der Waals surface area contributed by atoms with Crippen LogP contribution in [-0.4, -0.2) is 22.2 Å². The highest BCUT2D eigenvalue weighted by atomic mass is 16.5. The Labute approximate surface area is 94.3 Å². The molecule has 0 spiro atoms. The van der Waals surface area contributed by atoms with E-state index >= 15 is 0 Å². The summed E-state index contributed by atoms with van der Waals surface area (Å²) in [5.74, 6) is -0.997. The van der Waals surface area contributed by atoms with Crippen molar-refractivity contribution in [3.05, 3.63) is 29.6 Å². The second-order valence-electron chi connectivity index (χ2n) is 4.04. The molecule has 0 aliphatic heterocycles. The lowest BCUT2D eigenvalue weighted by Gasteiger charge is -2.10. The zero-order chi connectivity index (χ0) is 11.4. The summed E-state index contributed by atoms with van der Waals surface area (Å²) in [6.07, 6.45) is 5.01. The molecule has 16 heavy (non-hydrogen) atoms. The van der Waals surface area contributed by atoms with Crippen LogP contribution < -0.4 is 0 Å². The molecule has 1 fully saturated rings. The molecular formula is C12H15NO3. The lowest BCUT2D eigenvalue weighted by Crippen LogP contribution is -2.09. The molecule has 4 heteroatoms. The molecular weight excluding hydrogens is 206 g/mol. The van der Waals surface area contributed by atoms with E-state index < -0.39 is 5.97 Å². The molecule has 0 bridgehead atoms. The van der Waals surface area contributed by atoms with Crippen LogP contribution in [0, 0.1) is 0 Å². The first-order valence-electron chi connectivity index (χ1n) is 5.56. The Kier molecular flexibility index (Phi) is 3.51. The maximum Gasteiger partial charge on any atom is 0.354 e. The predicted octanol–water partition coefficient (Wildman–Crippen LogP) is 2.24. The van der Waals surface area contributed by atoms with Gasteiger partial charge in [-0.15, -0.1) is 0 Å². The number of pyridine rings is 1. The summed E-state index contributed by atoms with van der Waals surface area (Å²) in [5.41, 5.74) is 0.763. The second kappa shape index (κ2) is 5.07. The number of carbonyl (C=O) groups is 1. The minimum absolute atomic E-state index is 0.0764. The van der Waals surface area contributed by atoms with E-state index in [0.29, 0.717) is 18.4 Å².